The molecule has 0 bridgehead atoms. The summed E-state index contributed by atoms with van der Waals surface area (Å²) in [6.45, 7) is 3.28. The number of benzene rings is 2. The predicted octanol–water partition coefficient (Wildman–Crippen LogP) is 5.30. The molecule has 1 saturated heterocycles. The van der Waals surface area contributed by atoms with Crippen molar-refractivity contribution in [2.45, 2.75) is 37.6 Å². The standard InChI is InChI=1S/C21H25Cl2NO/c22-19-9-8-18(14-20(19)23)21(11-5-13-25)10-4-12-24(16-21)15-17-6-2-1-3-7-17/h1-3,6-9,14,25H,4-5,10-13,15-16H2. The average molecular weight is 378 g/mol. The normalized spacial score (nSPS) is 21.4. The molecule has 1 fully saturated rings. The van der Waals surface area contributed by atoms with E-state index in [2.05, 4.69) is 41.3 Å². The molecular formula is C21H25Cl2NO. The maximum atomic E-state index is 9.40. The molecule has 4 heteroatoms. The van der Waals surface area contributed by atoms with E-state index < -0.39 is 0 Å². The van der Waals surface area contributed by atoms with Crippen LogP contribution in [0.15, 0.2) is 48.5 Å². The van der Waals surface area contributed by atoms with Gasteiger partial charge >= 0.3 is 0 Å². The van der Waals surface area contributed by atoms with Gasteiger partial charge in [0.25, 0.3) is 0 Å². The molecule has 134 valence electrons. The highest BCUT2D eigenvalue weighted by atomic mass is 35.5. The maximum absolute atomic E-state index is 9.40. The van der Waals surface area contributed by atoms with Gasteiger partial charge in [-0.1, -0.05) is 59.6 Å². The Balaban J connectivity index is 1.84. The van der Waals surface area contributed by atoms with E-state index in [1.807, 2.05) is 12.1 Å². The maximum Gasteiger partial charge on any atom is 0.0595 e. The van der Waals surface area contributed by atoms with Gasteiger partial charge in [0.1, 0.15) is 0 Å². The SMILES string of the molecule is OCCCC1(c2ccc(Cl)c(Cl)c2)CCCN(Cc2ccccc2)C1. The third-order valence-corrected chi connectivity index (χ3v) is 5.99. The Kier molecular flexibility index (Phi) is 6.40. The molecule has 1 atom stereocenters. The number of piperidine rings is 1. The van der Waals surface area contributed by atoms with Gasteiger partial charge in [-0.15, -0.1) is 0 Å². The highest BCUT2D eigenvalue weighted by molar-refractivity contribution is 6.42. The largest absolute Gasteiger partial charge is 0.396 e. The minimum absolute atomic E-state index is 0.0317. The molecular weight excluding hydrogens is 353 g/mol. The first-order valence-corrected chi connectivity index (χ1v) is 9.71. The molecule has 0 saturated carbocycles. The number of likely N-dealkylation sites (tertiary alicyclic amines) is 1. The minimum atomic E-state index is 0.0317. The number of nitrogens with zero attached hydrogens (tertiary/aromatic N) is 1. The first kappa shape index (κ1) is 18.7. The van der Waals surface area contributed by atoms with Gasteiger partial charge in [-0.05, 0) is 55.5 Å². The number of rotatable bonds is 6. The van der Waals surface area contributed by atoms with Gasteiger partial charge in [-0.2, -0.15) is 0 Å². The van der Waals surface area contributed by atoms with Crippen molar-refractivity contribution in [3.05, 3.63) is 69.7 Å². The Morgan fingerprint density at radius 2 is 1.84 bits per heavy atom. The lowest BCUT2D eigenvalue weighted by Gasteiger charge is -2.44. The minimum Gasteiger partial charge on any atom is -0.396 e. The first-order chi connectivity index (χ1) is 12.1. The molecule has 25 heavy (non-hydrogen) atoms. The van der Waals surface area contributed by atoms with Gasteiger partial charge in [0.15, 0.2) is 0 Å². The third kappa shape index (κ3) is 4.57. The topological polar surface area (TPSA) is 23.5 Å². The number of aliphatic hydroxyl groups is 1. The van der Waals surface area contributed by atoms with E-state index in [1.54, 1.807) is 0 Å². The van der Waals surface area contributed by atoms with Crippen LogP contribution in [0.5, 0.6) is 0 Å². The third-order valence-electron chi connectivity index (χ3n) is 5.25. The zero-order valence-electron chi connectivity index (χ0n) is 14.4. The van der Waals surface area contributed by atoms with Crippen molar-refractivity contribution in [2.24, 2.45) is 0 Å². The Labute approximate surface area is 160 Å². The highest BCUT2D eigenvalue weighted by Crippen LogP contribution is 2.40. The summed E-state index contributed by atoms with van der Waals surface area (Å²) in [6, 6.07) is 16.6. The van der Waals surface area contributed by atoms with Crippen LogP contribution in [0.3, 0.4) is 0 Å². The molecule has 0 aliphatic carbocycles. The molecule has 2 aromatic carbocycles. The van der Waals surface area contributed by atoms with E-state index in [-0.39, 0.29) is 12.0 Å². The summed E-state index contributed by atoms with van der Waals surface area (Å²) in [4.78, 5) is 2.53. The summed E-state index contributed by atoms with van der Waals surface area (Å²) in [5.41, 5.74) is 2.62. The van der Waals surface area contributed by atoms with Crippen LogP contribution in [0.25, 0.3) is 0 Å². The quantitative estimate of drug-likeness (QED) is 0.737. The number of hydrogen-bond acceptors (Lipinski definition) is 2. The van der Waals surface area contributed by atoms with E-state index in [0.29, 0.717) is 10.0 Å². The van der Waals surface area contributed by atoms with Crippen molar-refractivity contribution < 1.29 is 5.11 Å². The first-order valence-electron chi connectivity index (χ1n) is 8.96. The molecule has 1 N–H and O–H groups in total. The molecule has 1 heterocycles. The summed E-state index contributed by atoms with van der Waals surface area (Å²) < 4.78 is 0. The lowest BCUT2D eigenvalue weighted by molar-refractivity contribution is 0.124. The van der Waals surface area contributed by atoms with Crippen molar-refractivity contribution >= 4 is 23.2 Å². The van der Waals surface area contributed by atoms with Crippen molar-refractivity contribution in [1.29, 1.82) is 0 Å². The Hall–Kier alpha value is -1.06. The van der Waals surface area contributed by atoms with Crippen LogP contribution in [0.2, 0.25) is 10.0 Å². The smallest absolute Gasteiger partial charge is 0.0595 e. The van der Waals surface area contributed by atoms with Crippen LogP contribution in [0.1, 0.15) is 36.8 Å². The van der Waals surface area contributed by atoms with Crippen LogP contribution >= 0.6 is 23.2 Å². The molecule has 0 aromatic heterocycles. The van der Waals surface area contributed by atoms with E-state index in [9.17, 15) is 5.11 Å². The van der Waals surface area contributed by atoms with E-state index in [0.717, 1.165) is 45.3 Å². The molecule has 0 spiro atoms. The molecule has 2 nitrogen and oxygen atoms in total. The lowest BCUT2D eigenvalue weighted by Crippen LogP contribution is -2.45. The Morgan fingerprint density at radius 3 is 2.56 bits per heavy atom. The molecule has 3 rings (SSSR count). The van der Waals surface area contributed by atoms with Crippen LogP contribution in [-0.2, 0) is 12.0 Å². The van der Waals surface area contributed by atoms with Crippen molar-refractivity contribution in [2.75, 3.05) is 19.7 Å². The summed E-state index contributed by atoms with van der Waals surface area (Å²) in [5, 5.41) is 10.6. The van der Waals surface area contributed by atoms with Crippen molar-refractivity contribution in [3.8, 4) is 0 Å². The summed E-state index contributed by atoms with van der Waals surface area (Å²) in [6.07, 6.45) is 4.04. The number of halogens is 2. The molecule has 1 unspecified atom stereocenters. The fourth-order valence-corrected chi connectivity index (χ4v) is 4.33. The van der Waals surface area contributed by atoms with Gasteiger partial charge in [0, 0.05) is 25.1 Å². The average Bonchev–Trinajstić information content (AvgIpc) is 2.63. The monoisotopic (exact) mass is 377 g/mol. The van der Waals surface area contributed by atoms with Crippen molar-refractivity contribution in [1.82, 2.24) is 4.90 Å². The Bertz CT molecular complexity index is 692. The molecule has 1 aliphatic rings. The second kappa shape index (κ2) is 8.55. The van der Waals surface area contributed by atoms with Gasteiger partial charge < -0.3 is 5.11 Å². The number of hydrogen-bond donors (Lipinski definition) is 1. The van der Waals surface area contributed by atoms with Gasteiger partial charge in [-0.3, -0.25) is 4.90 Å². The number of aliphatic hydroxyl groups excluding tert-OH is 1. The predicted molar refractivity (Wildman–Crippen MR) is 105 cm³/mol. The lowest BCUT2D eigenvalue weighted by atomic mass is 9.71. The molecule has 1 aliphatic heterocycles. The summed E-state index contributed by atoms with van der Waals surface area (Å²) >= 11 is 12.4. The van der Waals surface area contributed by atoms with E-state index in [4.69, 9.17) is 23.2 Å². The van der Waals surface area contributed by atoms with Gasteiger partial charge in [-0.25, -0.2) is 0 Å². The zero-order chi connectivity index (χ0) is 17.7. The molecule has 2 aromatic rings. The fourth-order valence-electron chi connectivity index (χ4n) is 4.03. The van der Waals surface area contributed by atoms with Crippen LogP contribution < -0.4 is 0 Å². The van der Waals surface area contributed by atoms with E-state index >= 15 is 0 Å². The van der Waals surface area contributed by atoms with Crippen LogP contribution in [0, 0.1) is 0 Å². The fraction of sp³-hybridized carbons (Fsp3) is 0.429. The van der Waals surface area contributed by atoms with Crippen molar-refractivity contribution in [3.63, 3.8) is 0 Å². The zero-order valence-corrected chi connectivity index (χ0v) is 15.9. The Morgan fingerprint density at radius 1 is 1.04 bits per heavy atom. The van der Waals surface area contributed by atoms with Crippen LogP contribution in [-0.4, -0.2) is 29.7 Å². The summed E-state index contributed by atoms with van der Waals surface area (Å²) in [5.74, 6) is 0. The van der Waals surface area contributed by atoms with Gasteiger partial charge in [0.2, 0.25) is 0 Å². The van der Waals surface area contributed by atoms with Crippen LogP contribution in [0.4, 0.5) is 0 Å². The molecule has 0 radical (unpaired) electrons. The second-order valence-electron chi connectivity index (χ2n) is 7.04. The van der Waals surface area contributed by atoms with Gasteiger partial charge in [0.05, 0.1) is 10.0 Å². The summed E-state index contributed by atoms with van der Waals surface area (Å²) in [7, 11) is 0. The van der Waals surface area contributed by atoms with E-state index in [1.165, 1.54) is 11.1 Å². The molecule has 0 amide bonds. The second-order valence-corrected chi connectivity index (χ2v) is 7.85. The highest BCUT2D eigenvalue weighted by Gasteiger charge is 2.36.